The number of nitrogens with zero attached hydrogens (tertiary/aromatic N) is 1. The Morgan fingerprint density at radius 3 is 2.57 bits per heavy atom. The van der Waals surface area contributed by atoms with Crippen LogP contribution < -0.4 is 25.4 Å². The SMILES string of the molecule is O=C(CCN1C(=O)NC2(CCCCCC2)C1=O)NC(=O)Nc1ccc2c(c1)OCO2. The molecule has 3 N–H and O–H groups in total. The van der Waals surface area contributed by atoms with E-state index in [2.05, 4.69) is 16.0 Å². The van der Waals surface area contributed by atoms with Crippen LogP contribution in [0.25, 0.3) is 0 Å². The predicted molar refractivity (Wildman–Crippen MR) is 105 cm³/mol. The minimum Gasteiger partial charge on any atom is -0.454 e. The summed E-state index contributed by atoms with van der Waals surface area (Å²) in [7, 11) is 0. The van der Waals surface area contributed by atoms with Crippen LogP contribution in [-0.4, -0.2) is 47.7 Å². The summed E-state index contributed by atoms with van der Waals surface area (Å²) >= 11 is 0. The minimum absolute atomic E-state index is 0.0739. The van der Waals surface area contributed by atoms with Gasteiger partial charge in [-0.1, -0.05) is 25.7 Å². The number of carbonyl (C=O) groups is 4. The van der Waals surface area contributed by atoms with Gasteiger partial charge in [0.05, 0.1) is 0 Å². The number of fused-ring (bicyclic) bond motifs is 1. The normalized spacial score (nSPS) is 19.4. The first-order valence-corrected chi connectivity index (χ1v) is 10.1. The molecule has 0 atom stereocenters. The van der Waals surface area contributed by atoms with E-state index < -0.39 is 23.5 Å². The van der Waals surface area contributed by atoms with Crippen molar-refractivity contribution in [2.45, 2.75) is 50.5 Å². The molecule has 0 radical (unpaired) electrons. The minimum atomic E-state index is -0.833. The molecule has 2 fully saturated rings. The van der Waals surface area contributed by atoms with E-state index in [9.17, 15) is 19.2 Å². The van der Waals surface area contributed by atoms with Crippen LogP contribution in [0.2, 0.25) is 0 Å². The Kier molecular flexibility index (Phi) is 5.47. The molecular formula is C20H24N4O6. The van der Waals surface area contributed by atoms with Crippen molar-refractivity contribution in [2.75, 3.05) is 18.7 Å². The third-order valence-electron chi connectivity index (χ3n) is 5.65. The molecule has 2 heterocycles. The van der Waals surface area contributed by atoms with Crippen LogP contribution in [-0.2, 0) is 9.59 Å². The fourth-order valence-electron chi connectivity index (χ4n) is 4.09. The van der Waals surface area contributed by atoms with Crippen molar-refractivity contribution in [3.05, 3.63) is 18.2 Å². The van der Waals surface area contributed by atoms with Gasteiger partial charge in [-0.05, 0) is 25.0 Å². The molecule has 0 unspecified atom stereocenters. The Bertz CT molecular complexity index is 878. The second-order valence-corrected chi connectivity index (χ2v) is 7.70. The molecule has 6 amide bonds. The average Bonchev–Trinajstić information content (AvgIpc) is 3.15. The first-order valence-electron chi connectivity index (χ1n) is 10.1. The standard InChI is InChI=1S/C20H24N4O6/c25-16(22-18(27)21-13-5-6-14-15(11-13)30-12-29-14)7-10-24-17(26)20(23-19(24)28)8-3-1-2-4-9-20/h5-6,11H,1-4,7-10,12H2,(H,23,28)(H2,21,22,25,27). The molecule has 0 bridgehead atoms. The van der Waals surface area contributed by atoms with E-state index in [1.807, 2.05) is 0 Å². The Balaban J connectivity index is 1.27. The zero-order valence-corrected chi connectivity index (χ0v) is 16.5. The molecule has 1 aromatic rings. The highest BCUT2D eigenvalue weighted by Crippen LogP contribution is 2.34. The molecule has 1 saturated carbocycles. The molecule has 1 saturated heterocycles. The van der Waals surface area contributed by atoms with Gasteiger partial charge in [0.2, 0.25) is 12.7 Å². The number of ether oxygens (including phenoxy) is 2. The summed E-state index contributed by atoms with van der Waals surface area (Å²) < 4.78 is 10.4. The molecule has 4 rings (SSSR count). The summed E-state index contributed by atoms with van der Waals surface area (Å²) in [6.07, 6.45) is 4.96. The number of imide groups is 2. The highest BCUT2D eigenvalue weighted by atomic mass is 16.7. The molecule has 1 spiro atoms. The van der Waals surface area contributed by atoms with E-state index in [1.54, 1.807) is 18.2 Å². The second-order valence-electron chi connectivity index (χ2n) is 7.70. The second kappa shape index (κ2) is 8.21. The van der Waals surface area contributed by atoms with E-state index in [4.69, 9.17) is 9.47 Å². The van der Waals surface area contributed by atoms with Crippen molar-refractivity contribution >= 4 is 29.6 Å². The van der Waals surface area contributed by atoms with Gasteiger partial charge in [-0.3, -0.25) is 19.8 Å². The number of carbonyl (C=O) groups excluding carboxylic acids is 4. The molecule has 3 aliphatic rings. The van der Waals surface area contributed by atoms with Gasteiger partial charge in [0.1, 0.15) is 5.54 Å². The summed E-state index contributed by atoms with van der Waals surface area (Å²) in [6.45, 7) is 0.0447. The smallest absolute Gasteiger partial charge is 0.325 e. The molecular weight excluding hydrogens is 392 g/mol. The predicted octanol–water partition coefficient (Wildman–Crippen LogP) is 2.10. The number of benzene rings is 1. The lowest BCUT2D eigenvalue weighted by Gasteiger charge is -2.24. The molecule has 160 valence electrons. The summed E-state index contributed by atoms with van der Waals surface area (Å²) in [5.41, 5.74) is -0.394. The van der Waals surface area contributed by atoms with Crippen LogP contribution in [0.15, 0.2) is 18.2 Å². The quantitative estimate of drug-likeness (QED) is 0.646. The van der Waals surface area contributed by atoms with Gasteiger partial charge in [0.25, 0.3) is 5.91 Å². The van der Waals surface area contributed by atoms with Crippen molar-refractivity contribution in [2.24, 2.45) is 0 Å². The number of hydrogen-bond donors (Lipinski definition) is 3. The lowest BCUT2D eigenvalue weighted by molar-refractivity contribution is -0.132. The summed E-state index contributed by atoms with van der Waals surface area (Å²) in [6, 6.07) is 3.68. The summed E-state index contributed by atoms with van der Waals surface area (Å²) in [5, 5.41) is 7.57. The van der Waals surface area contributed by atoms with Gasteiger partial charge in [-0.15, -0.1) is 0 Å². The average molecular weight is 416 g/mol. The first-order chi connectivity index (χ1) is 14.5. The van der Waals surface area contributed by atoms with Crippen LogP contribution in [0.4, 0.5) is 15.3 Å². The largest absolute Gasteiger partial charge is 0.454 e. The molecule has 2 aliphatic heterocycles. The van der Waals surface area contributed by atoms with Crippen molar-refractivity contribution in [1.82, 2.24) is 15.5 Å². The van der Waals surface area contributed by atoms with Crippen LogP contribution in [0.5, 0.6) is 11.5 Å². The zero-order valence-electron chi connectivity index (χ0n) is 16.5. The lowest BCUT2D eigenvalue weighted by Crippen LogP contribution is -2.46. The van der Waals surface area contributed by atoms with Crippen molar-refractivity contribution in [3.63, 3.8) is 0 Å². The Morgan fingerprint density at radius 2 is 1.80 bits per heavy atom. The van der Waals surface area contributed by atoms with E-state index >= 15 is 0 Å². The van der Waals surface area contributed by atoms with Crippen LogP contribution in [0.1, 0.15) is 44.9 Å². The molecule has 1 aromatic carbocycles. The zero-order chi connectivity index (χ0) is 21.1. The van der Waals surface area contributed by atoms with Crippen LogP contribution in [0.3, 0.4) is 0 Å². The third kappa shape index (κ3) is 4.03. The molecule has 30 heavy (non-hydrogen) atoms. The topological polar surface area (TPSA) is 126 Å². The highest BCUT2D eigenvalue weighted by Gasteiger charge is 2.50. The van der Waals surface area contributed by atoms with Crippen molar-refractivity contribution in [3.8, 4) is 11.5 Å². The van der Waals surface area contributed by atoms with E-state index in [-0.39, 0.29) is 25.7 Å². The maximum Gasteiger partial charge on any atom is 0.325 e. The van der Waals surface area contributed by atoms with Gasteiger partial charge in [-0.2, -0.15) is 0 Å². The first kappa shape index (κ1) is 20.0. The fourth-order valence-corrected chi connectivity index (χ4v) is 4.09. The Morgan fingerprint density at radius 1 is 1.07 bits per heavy atom. The van der Waals surface area contributed by atoms with Crippen LogP contribution in [0, 0.1) is 0 Å². The Labute approximate surface area is 173 Å². The number of anilines is 1. The van der Waals surface area contributed by atoms with E-state index in [0.717, 1.165) is 30.6 Å². The fraction of sp³-hybridized carbons (Fsp3) is 0.500. The van der Waals surface area contributed by atoms with Crippen molar-refractivity contribution in [1.29, 1.82) is 0 Å². The summed E-state index contributed by atoms with van der Waals surface area (Å²) in [5.74, 6) is 0.227. The monoisotopic (exact) mass is 416 g/mol. The lowest BCUT2D eigenvalue weighted by atomic mass is 9.90. The molecule has 0 aromatic heterocycles. The van der Waals surface area contributed by atoms with Gasteiger partial charge < -0.3 is 20.1 Å². The van der Waals surface area contributed by atoms with Gasteiger partial charge in [0.15, 0.2) is 11.5 Å². The van der Waals surface area contributed by atoms with Gasteiger partial charge in [-0.25, -0.2) is 9.59 Å². The number of amides is 6. The molecule has 1 aliphatic carbocycles. The van der Waals surface area contributed by atoms with Gasteiger partial charge >= 0.3 is 12.1 Å². The Hall–Kier alpha value is -3.30. The number of urea groups is 2. The highest BCUT2D eigenvalue weighted by molar-refractivity contribution is 6.07. The molecule has 10 heteroatoms. The number of nitrogens with one attached hydrogen (secondary N) is 3. The maximum atomic E-state index is 12.8. The summed E-state index contributed by atoms with van der Waals surface area (Å²) in [4.78, 5) is 50.4. The number of hydrogen-bond acceptors (Lipinski definition) is 6. The number of rotatable bonds is 4. The third-order valence-corrected chi connectivity index (χ3v) is 5.65. The van der Waals surface area contributed by atoms with Crippen molar-refractivity contribution < 1.29 is 28.7 Å². The van der Waals surface area contributed by atoms with E-state index in [1.165, 1.54) is 0 Å². The molecule has 10 nitrogen and oxygen atoms in total. The maximum absolute atomic E-state index is 12.8. The van der Waals surface area contributed by atoms with E-state index in [0.29, 0.717) is 30.0 Å². The van der Waals surface area contributed by atoms with Crippen LogP contribution >= 0.6 is 0 Å². The van der Waals surface area contributed by atoms with Gasteiger partial charge in [0, 0.05) is 24.7 Å².